The summed E-state index contributed by atoms with van der Waals surface area (Å²) in [5.41, 5.74) is -1.98. The highest BCUT2D eigenvalue weighted by molar-refractivity contribution is 7.92. The Labute approximate surface area is 210 Å². The van der Waals surface area contributed by atoms with Crippen LogP contribution in [0.5, 0.6) is 0 Å². The zero-order chi connectivity index (χ0) is 27.0. The van der Waals surface area contributed by atoms with E-state index in [0.29, 0.717) is 25.5 Å². The highest BCUT2D eigenvalue weighted by Crippen LogP contribution is 2.38. The molecule has 37 heavy (non-hydrogen) atoms. The van der Waals surface area contributed by atoms with E-state index in [1.807, 2.05) is 0 Å². The molecule has 1 fully saturated rings. The summed E-state index contributed by atoms with van der Waals surface area (Å²) in [7, 11) is -4.39. The Kier molecular flexibility index (Phi) is 7.09. The van der Waals surface area contributed by atoms with Gasteiger partial charge >= 0.3 is 12.1 Å². The molecule has 0 aliphatic carbocycles. The molecule has 1 aliphatic rings. The summed E-state index contributed by atoms with van der Waals surface area (Å²) >= 11 is 0. The summed E-state index contributed by atoms with van der Waals surface area (Å²) in [6.45, 7) is 1.95. The minimum atomic E-state index is -4.82. The third-order valence-corrected chi connectivity index (χ3v) is 7.30. The standard InChI is InChI=1S/C24H22F4N4O4S/c1-14-16(6-2-7-18(14)25)22-17(24(26,27)28)10-11-19(29-22)31-37(35,36)21-9-3-8-20(30-21)32-12-4-5-15(13-32)23(33)34/h2-3,6-11,15H,4-5,12-13H2,1H3,(H,29,31)(H,33,34)/t15-/m0/s1. The van der Waals surface area contributed by atoms with Crippen LogP contribution in [-0.2, 0) is 21.0 Å². The summed E-state index contributed by atoms with van der Waals surface area (Å²) < 4.78 is 83.3. The highest BCUT2D eigenvalue weighted by Gasteiger charge is 2.35. The number of piperidine rings is 1. The van der Waals surface area contributed by atoms with Crippen LogP contribution in [0.15, 0.2) is 53.6 Å². The van der Waals surface area contributed by atoms with Gasteiger partial charge in [0.15, 0.2) is 5.03 Å². The van der Waals surface area contributed by atoms with E-state index in [0.717, 1.165) is 12.1 Å². The smallest absolute Gasteiger partial charge is 0.418 e. The molecule has 3 heterocycles. The number of carboxylic acids is 1. The summed E-state index contributed by atoms with van der Waals surface area (Å²) in [6, 6.07) is 9.32. The zero-order valence-corrected chi connectivity index (χ0v) is 20.3. The number of hydrogen-bond donors (Lipinski definition) is 2. The van der Waals surface area contributed by atoms with E-state index in [1.54, 1.807) is 11.0 Å². The fourth-order valence-corrected chi connectivity index (χ4v) is 5.09. The number of benzene rings is 1. The maximum Gasteiger partial charge on any atom is 0.418 e. The van der Waals surface area contributed by atoms with Crippen molar-refractivity contribution in [1.29, 1.82) is 0 Å². The molecule has 196 valence electrons. The molecule has 0 saturated carbocycles. The van der Waals surface area contributed by atoms with Gasteiger partial charge in [0.05, 0.1) is 17.2 Å². The first-order chi connectivity index (χ1) is 17.4. The monoisotopic (exact) mass is 538 g/mol. The van der Waals surface area contributed by atoms with Crippen LogP contribution in [0.2, 0.25) is 0 Å². The van der Waals surface area contributed by atoms with Crippen LogP contribution < -0.4 is 9.62 Å². The van der Waals surface area contributed by atoms with Gasteiger partial charge in [-0.3, -0.25) is 9.52 Å². The van der Waals surface area contributed by atoms with Crippen molar-refractivity contribution in [1.82, 2.24) is 9.97 Å². The second-order valence-electron chi connectivity index (χ2n) is 8.57. The minimum absolute atomic E-state index is 0.0731. The molecule has 1 saturated heterocycles. The van der Waals surface area contributed by atoms with Crippen molar-refractivity contribution in [2.45, 2.75) is 31.0 Å². The molecule has 8 nitrogen and oxygen atoms in total. The number of aliphatic carboxylic acids is 1. The number of carbonyl (C=O) groups is 1. The summed E-state index contributed by atoms with van der Waals surface area (Å²) in [5.74, 6) is -2.46. The fraction of sp³-hybridized carbons (Fsp3) is 0.292. The third-order valence-electron chi connectivity index (χ3n) is 6.04. The number of nitrogens with one attached hydrogen (secondary N) is 1. The van der Waals surface area contributed by atoms with Crippen LogP contribution in [-0.4, -0.2) is 42.6 Å². The SMILES string of the molecule is Cc1c(F)cccc1-c1nc(NS(=O)(=O)c2cccc(N3CCC[C@H](C(=O)O)C3)n2)ccc1C(F)(F)F. The second-order valence-corrected chi connectivity index (χ2v) is 10.2. The maximum absolute atomic E-state index is 14.1. The van der Waals surface area contributed by atoms with Gasteiger partial charge in [0.2, 0.25) is 0 Å². The Morgan fingerprint density at radius 2 is 1.84 bits per heavy atom. The number of hydrogen-bond acceptors (Lipinski definition) is 6. The number of anilines is 2. The number of aromatic nitrogens is 2. The molecule has 2 aromatic heterocycles. The Balaban J connectivity index is 1.68. The van der Waals surface area contributed by atoms with Crippen LogP contribution in [0.1, 0.15) is 24.0 Å². The van der Waals surface area contributed by atoms with E-state index in [1.165, 1.54) is 31.2 Å². The van der Waals surface area contributed by atoms with Gasteiger partial charge in [-0.25, -0.2) is 14.4 Å². The molecule has 1 aromatic carbocycles. The second kappa shape index (κ2) is 9.96. The van der Waals surface area contributed by atoms with Crippen LogP contribution >= 0.6 is 0 Å². The fourth-order valence-electron chi connectivity index (χ4n) is 4.12. The molecule has 0 amide bonds. The number of sulfonamides is 1. The van der Waals surface area contributed by atoms with Crippen molar-refractivity contribution >= 4 is 27.6 Å². The number of alkyl halides is 3. The molecule has 0 unspecified atom stereocenters. The van der Waals surface area contributed by atoms with Gasteiger partial charge in [-0.2, -0.15) is 21.6 Å². The minimum Gasteiger partial charge on any atom is -0.481 e. The molecule has 0 bridgehead atoms. The van der Waals surface area contributed by atoms with E-state index >= 15 is 0 Å². The molecule has 1 atom stereocenters. The van der Waals surface area contributed by atoms with Gasteiger partial charge < -0.3 is 10.0 Å². The normalized spacial score (nSPS) is 16.5. The van der Waals surface area contributed by atoms with Gasteiger partial charge in [-0.15, -0.1) is 0 Å². The number of rotatable bonds is 6. The lowest BCUT2D eigenvalue weighted by Crippen LogP contribution is -2.39. The topological polar surface area (TPSA) is 112 Å². The Morgan fingerprint density at radius 3 is 2.54 bits per heavy atom. The molecular formula is C24H22F4N4O4S. The van der Waals surface area contributed by atoms with E-state index in [-0.39, 0.29) is 23.5 Å². The lowest BCUT2D eigenvalue weighted by Gasteiger charge is -2.31. The number of pyridine rings is 2. The number of carboxylic acid groups (broad SMARTS) is 1. The molecule has 13 heteroatoms. The first kappa shape index (κ1) is 26.3. The van der Waals surface area contributed by atoms with Crippen molar-refractivity contribution in [3.63, 3.8) is 0 Å². The summed E-state index contributed by atoms with van der Waals surface area (Å²) in [6.07, 6.45) is -3.74. The van der Waals surface area contributed by atoms with Crippen LogP contribution in [0.4, 0.5) is 29.2 Å². The molecule has 2 N–H and O–H groups in total. The van der Waals surface area contributed by atoms with E-state index < -0.39 is 56.0 Å². The van der Waals surface area contributed by atoms with Crippen molar-refractivity contribution in [2.75, 3.05) is 22.7 Å². The Morgan fingerprint density at radius 1 is 1.11 bits per heavy atom. The van der Waals surface area contributed by atoms with Gasteiger partial charge in [-0.05, 0) is 55.7 Å². The van der Waals surface area contributed by atoms with Crippen molar-refractivity contribution in [3.8, 4) is 11.3 Å². The van der Waals surface area contributed by atoms with Crippen molar-refractivity contribution < 1.29 is 35.9 Å². The lowest BCUT2D eigenvalue weighted by molar-refractivity contribution is -0.142. The van der Waals surface area contributed by atoms with Crippen LogP contribution in [0.25, 0.3) is 11.3 Å². The first-order valence-electron chi connectivity index (χ1n) is 11.2. The van der Waals surface area contributed by atoms with E-state index in [4.69, 9.17) is 0 Å². The molecule has 1 aliphatic heterocycles. The lowest BCUT2D eigenvalue weighted by atomic mass is 9.98. The van der Waals surface area contributed by atoms with Gasteiger partial charge in [0, 0.05) is 18.7 Å². The van der Waals surface area contributed by atoms with Gasteiger partial charge in [-0.1, -0.05) is 18.2 Å². The van der Waals surface area contributed by atoms with E-state index in [9.17, 15) is 35.9 Å². The molecule has 0 spiro atoms. The average molecular weight is 539 g/mol. The van der Waals surface area contributed by atoms with Crippen LogP contribution in [0.3, 0.4) is 0 Å². The summed E-state index contributed by atoms with van der Waals surface area (Å²) in [4.78, 5) is 21.1. The Bertz CT molecular complexity index is 1450. The van der Waals surface area contributed by atoms with E-state index in [2.05, 4.69) is 14.7 Å². The number of halogens is 4. The van der Waals surface area contributed by atoms with Crippen molar-refractivity contribution in [3.05, 3.63) is 65.5 Å². The van der Waals surface area contributed by atoms with Crippen LogP contribution in [0, 0.1) is 18.7 Å². The number of nitrogens with zero attached hydrogens (tertiary/aromatic N) is 3. The van der Waals surface area contributed by atoms with Gasteiger partial charge in [0.1, 0.15) is 17.5 Å². The average Bonchev–Trinajstić information content (AvgIpc) is 2.85. The zero-order valence-electron chi connectivity index (χ0n) is 19.5. The molecular weight excluding hydrogens is 516 g/mol. The first-order valence-corrected chi connectivity index (χ1v) is 12.7. The highest BCUT2D eigenvalue weighted by atomic mass is 32.2. The predicted molar refractivity (Wildman–Crippen MR) is 127 cm³/mol. The van der Waals surface area contributed by atoms with Gasteiger partial charge in [0.25, 0.3) is 10.0 Å². The third kappa shape index (κ3) is 5.66. The maximum atomic E-state index is 14.1. The predicted octanol–water partition coefficient (Wildman–Crippen LogP) is 4.71. The molecule has 0 radical (unpaired) electrons. The quantitative estimate of drug-likeness (QED) is 0.437. The molecule has 4 rings (SSSR count). The Hall–Kier alpha value is -3.74. The molecule has 3 aromatic rings. The summed E-state index contributed by atoms with van der Waals surface area (Å²) in [5, 5.41) is 8.88. The van der Waals surface area contributed by atoms with Crippen molar-refractivity contribution in [2.24, 2.45) is 5.92 Å². The largest absolute Gasteiger partial charge is 0.481 e.